The molecule has 0 saturated carbocycles. The number of benzene rings is 2. The van der Waals surface area contributed by atoms with Crippen LogP contribution in [0.2, 0.25) is 5.02 Å². The number of para-hydroxylation sites is 2. The monoisotopic (exact) mass is 344 g/mol. The van der Waals surface area contributed by atoms with Crippen LogP contribution in [0, 0.1) is 0 Å². The van der Waals surface area contributed by atoms with Gasteiger partial charge in [-0.2, -0.15) is 0 Å². The SMILES string of the molecule is CCN1c2ccccc2N(C(=O)COc2ccc(Cl)cc2)CC1C. The van der Waals surface area contributed by atoms with E-state index in [2.05, 4.69) is 24.8 Å². The number of hydrogen-bond donors (Lipinski definition) is 0. The first kappa shape index (κ1) is 16.7. The first-order valence-corrected chi connectivity index (χ1v) is 8.52. The van der Waals surface area contributed by atoms with Crippen molar-refractivity contribution in [2.24, 2.45) is 0 Å². The number of amides is 1. The Bertz CT molecular complexity index is 718. The summed E-state index contributed by atoms with van der Waals surface area (Å²) in [6.07, 6.45) is 0. The summed E-state index contributed by atoms with van der Waals surface area (Å²) in [7, 11) is 0. The standard InChI is InChI=1S/C19H21ClN2O2/c1-3-21-14(2)12-22(18-7-5-4-6-17(18)21)19(23)13-24-16-10-8-15(20)9-11-16/h4-11,14H,3,12-13H2,1-2H3. The van der Waals surface area contributed by atoms with Gasteiger partial charge >= 0.3 is 0 Å². The van der Waals surface area contributed by atoms with Gasteiger partial charge in [0.15, 0.2) is 6.61 Å². The predicted molar refractivity (Wildman–Crippen MR) is 98.2 cm³/mol. The minimum absolute atomic E-state index is 0.00874. The highest BCUT2D eigenvalue weighted by atomic mass is 35.5. The molecule has 1 aliphatic heterocycles. The van der Waals surface area contributed by atoms with Crippen molar-refractivity contribution < 1.29 is 9.53 Å². The number of anilines is 2. The molecule has 0 saturated heterocycles. The van der Waals surface area contributed by atoms with Crippen LogP contribution in [0.25, 0.3) is 0 Å². The van der Waals surface area contributed by atoms with E-state index in [1.807, 2.05) is 23.1 Å². The third-order valence-corrected chi connectivity index (χ3v) is 4.53. The molecule has 0 radical (unpaired) electrons. The van der Waals surface area contributed by atoms with E-state index < -0.39 is 0 Å². The van der Waals surface area contributed by atoms with Crippen molar-refractivity contribution in [1.29, 1.82) is 0 Å². The zero-order chi connectivity index (χ0) is 17.1. The number of ether oxygens (including phenoxy) is 1. The Hall–Kier alpha value is -2.20. The maximum absolute atomic E-state index is 12.7. The quantitative estimate of drug-likeness (QED) is 0.841. The van der Waals surface area contributed by atoms with Crippen LogP contribution in [-0.2, 0) is 4.79 Å². The van der Waals surface area contributed by atoms with Gasteiger partial charge < -0.3 is 14.5 Å². The van der Waals surface area contributed by atoms with Crippen molar-refractivity contribution in [2.45, 2.75) is 19.9 Å². The third kappa shape index (κ3) is 3.34. The fraction of sp³-hybridized carbons (Fsp3) is 0.316. The van der Waals surface area contributed by atoms with Crippen molar-refractivity contribution in [3.05, 3.63) is 53.6 Å². The molecular formula is C19H21ClN2O2. The Morgan fingerprint density at radius 1 is 1.17 bits per heavy atom. The van der Waals surface area contributed by atoms with Crippen LogP contribution in [0.4, 0.5) is 11.4 Å². The van der Waals surface area contributed by atoms with Gasteiger partial charge in [0.2, 0.25) is 0 Å². The average molecular weight is 345 g/mol. The molecule has 1 unspecified atom stereocenters. The Morgan fingerprint density at radius 2 is 1.83 bits per heavy atom. The van der Waals surface area contributed by atoms with Crippen molar-refractivity contribution in [1.82, 2.24) is 0 Å². The summed E-state index contributed by atoms with van der Waals surface area (Å²) in [6.45, 7) is 5.86. The van der Waals surface area contributed by atoms with Crippen LogP contribution in [0.3, 0.4) is 0 Å². The molecule has 1 aliphatic rings. The molecule has 2 aromatic carbocycles. The lowest BCUT2D eigenvalue weighted by Crippen LogP contribution is -2.50. The first-order valence-electron chi connectivity index (χ1n) is 8.14. The number of carbonyl (C=O) groups is 1. The molecule has 0 aliphatic carbocycles. The molecule has 2 aromatic rings. The zero-order valence-electron chi connectivity index (χ0n) is 13.9. The van der Waals surface area contributed by atoms with Crippen LogP contribution in [0.1, 0.15) is 13.8 Å². The molecule has 0 aromatic heterocycles. The van der Waals surface area contributed by atoms with Gasteiger partial charge in [-0.3, -0.25) is 4.79 Å². The molecule has 3 rings (SSSR count). The van der Waals surface area contributed by atoms with E-state index in [0.29, 0.717) is 17.3 Å². The van der Waals surface area contributed by atoms with Crippen LogP contribution in [0.5, 0.6) is 5.75 Å². The molecular weight excluding hydrogens is 324 g/mol. The second-order valence-electron chi connectivity index (χ2n) is 5.87. The van der Waals surface area contributed by atoms with E-state index in [1.54, 1.807) is 24.3 Å². The number of halogens is 1. The minimum atomic E-state index is -0.0417. The van der Waals surface area contributed by atoms with Crippen molar-refractivity contribution in [3.8, 4) is 5.75 Å². The van der Waals surface area contributed by atoms with Gasteiger partial charge in [0.05, 0.1) is 11.4 Å². The lowest BCUT2D eigenvalue weighted by atomic mass is 10.1. The van der Waals surface area contributed by atoms with E-state index in [1.165, 1.54) is 0 Å². The molecule has 5 heteroatoms. The average Bonchev–Trinajstić information content (AvgIpc) is 2.60. The number of fused-ring (bicyclic) bond motifs is 1. The van der Waals surface area contributed by atoms with Crippen LogP contribution in [0.15, 0.2) is 48.5 Å². The zero-order valence-corrected chi connectivity index (χ0v) is 14.7. The number of rotatable bonds is 4. The largest absolute Gasteiger partial charge is 0.484 e. The van der Waals surface area contributed by atoms with Crippen molar-refractivity contribution >= 4 is 28.9 Å². The Morgan fingerprint density at radius 3 is 2.50 bits per heavy atom. The maximum Gasteiger partial charge on any atom is 0.265 e. The summed E-state index contributed by atoms with van der Waals surface area (Å²) in [6, 6.07) is 15.3. The smallest absolute Gasteiger partial charge is 0.265 e. The molecule has 0 bridgehead atoms. The first-order chi connectivity index (χ1) is 11.6. The summed E-state index contributed by atoms with van der Waals surface area (Å²) >= 11 is 5.86. The molecule has 1 heterocycles. The number of carbonyl (C=O) groups excluding carboxylic acids is 1. The predicted octanol–water partition coefficient (Wildman–Crippen LogP) is 3.98. The van der Waals surface area contributed by atoms with Gasteiger partial charge in [0.25, 0.3) is 5.91 Å². The molecule has 1 atom stereocenters. The summed E-state index contributed by atoms with van der Waals surface area (Å²) in [5.74, 6) is 0.598. The van der Waals surface area contributed by atoms with Gasteiger partial charge in [0, 0.05) is 24.2 Å². The number of hydrogen-bond acceptors (Lipinski definition) is 3. The fourth-order valence-electron chi connectivity index (χ4n) is 3.11. The number of likely N-dealkylation sites (N-methyl/N-ethyl adjacent to an activating group) is 1. The summed E-state index contributed by atoms with van der Waals surface area (Å²) < 4.78 is 5.62. The van der Waals surface area contributed by atoms with Gasteiger partial charge in [-0.1, -0.05) is 23.7 Å². The minimum Gasteiger partial charge on any atom is -0.484 e. The van der Waals surface area contributed by atoms with Crippen LogP contribution >= 0.6 is 11.6 Å². The topological polar surface area (TPSA) is 32.8 Å². The highest BCUT2D eigenvalue weighted by Crippen LogP contribution is 2.35. The Balaban J connectivity index is 1.76. The lowest BCUT2D eigenvalue weighted by molar-refractivity contribution is -0.120. The van der Waals surface area contributed by atoms with E-state index in [-0.39, 0.29) is 18.6 Å². The van der Waals surface area contributed by atoms with E-state index in [9.17, 15) is 4.79 Å². The normalized spacial score (nSPS) is 16.7. The molecule has 24 heavy (non-hydrogen) atoms. The second-order valence-corrected chi connectivity index (χ2v) is 6.31. The van der Waals surface area contributed by atoms with Gasteiger partial charge in [-0.15, -0.1) is 0 Å². The highest BCUT2D eigenvalue weighted by Gasteiger charge is 2.30. The summed E-state index contributed by atoms with van der Waals surface area (Å²) in [4.78, 5) is 16.8. The lowest BCUT2D eigenvalue weighted by Gasteiger charge is -2.41. The van der Waals surface area contributed by atoms with Gasteiger partial charge in [0.1, 0.15) is 5.75 Å². The molecule has 1 amide bonds. The van der Waals surface area contributed by atoms with Crippen molar-refractivity contribution in [3.63, 3.8) is 0 Å². The highest BCUT2D eigenvalue weighted by molar-refractivity contribution is 6.30. The van der Waals surface area contributed by atoms with Crippen LogP contribution < -0.4 is 14.5 Å². The molecule has 126 valence electrons. The van der Waals surface area contributed by atoms with Gasteiger partial charge in [-0.25, -0.2) is 0 Å². The van der Waals surface area contributed by atoms with E-state index in [4.69, 9.17) is 16.3 Å². The second kappa shape index (κ2) is 7.14. The Labute approximate surface area is 147 Å². The Kier molecular flexibility index (Phi) is 4.95. The fourth-order valence-corrected chi connectivity index (χ4v) is 3.23. The summed E-state index contributed by atoms with van der Waals surface area (Å²) in [5.41, 5.74) is 2.04. The molecule has 4 nitrogen and oxygen atoms in total. The van der Waals surface area contributed by atoms with Crippen molar-refractivity contribution in [2.75, 3.05) is 29.5 Å². The molecule has 0 fully saturated rings. The number of nitrogens with zero attached hydrogens (tertiary/aromatic N) is 2. The maximum atomic E-state index is 12.7. The van der Waals surface area contributed by atoms with Gasteiger partial charge in [-0.05, 0) is 50.2 Å². The van der Waals surface area contributed by atoms with E-state index in [0.717, 1.165) is 17.9 Å². The summed E-state index contributed by atoms with van der Waals surface area (Å²) in [5, 5.41) is 0.645. The van der Waals surface area contributed by atoms with Crippen LogP contribution in [-0.4, -0.2) is 31.6 Å². The van der Waals surface area contributed by atoms with E-state index >= 15 is 0 Å². The third-order valence-electron chi connectivity index (χ3n) is 4.28. The molecule has 0 N–H and O–H groups in total. The molecule has 0 spiro atoms.